The zero-order valence-electron chi connectivity index (χ0n) is 23.9. The maximum Gasteiger partial charge on any atom is 0.394 e. The van der Waals surface area contributed by atoms with Crippen molar-refractivity contribution in [2.45, 2.75) is 98.2 Å². The summed E-state index contributed by atoms with van der Waals surface area (Å²) in [6.07, 6.45) is -17.3. The van der Waals surface area contributed by atoms with Crippen LogP contribution in [0.5, 0.6) is 0 Å². The van der Waals surface area contributed by atoms with Gasteiger partial charge in [0.1, 0.15) is 60.9 Å². The number of ether oxygens (including phenoxy) is 4. The lowest BCUT2D eigenvalue weighted by atomic mass is 9.81. The summed E-state index contributed by atoms with van der Waals surface area (Å²) in [6, 6.07) is -4.08. The molecule has 262 valence electrons. The van der Waals surface area contributed by atoms with E-state index in [2.05, 4.69) is 15.3 Å². The standard InChI is InChI=1S/C21H39N7O12.H2O4S/c1-5-21(36,4-30)16(40-17-9(26-2)13(34)10(31)6(3-29)38-17)18(37-5)39-15-8(28-20(24)25)11(32)7(27-19(22)23)12(33)14(15)35;1-5(2,3)4/h4-18,26,29,31-36H,3H2,1-2H3,(H4,22,23,27)(H4,24,25,28);(H2,1,2,3,4)/t5-,6-,7+,8-,9-,10-,11+,12-,13-,14+,15+,16?,17-,18-,21+;/m0./s1. The number of nitrogens with one attached hydrogen (secondary N) is 1. The first kappa shape index (κ1) is 38.8. The first-order valence-corrected chi connectivity index (χ1v) is 14.5. The molecule has 1 aliphatic carbocycles. The van der Waals surface area contributed by atoms with Crippen LogP contribution >= 0.6 is 0 Å². The molecule has 0 spiro atoms. The molecule has 2 aliphatic heterocycles. The minimum absolute atomic E-state index is 0.140. The highest BCUT2D eigenvalue weighted by Crippen LogP contribution is 2.38. The number of carbonyl (C=O) groups excluding carboxylic acids is 1. The number of guanidine groups is 2. The fourth-order valence-corrected chi connectivity index (χ4v) is 5.08. The van der Waals surface area contributed by atoms with Crippen LogP contribution in [0.1, 0.15) is 6.92 Å². The van der Waals surface area contributed by atoms with E-state index in [9.17, 15) is 40.5 Å². The van der Waals surface area contributed by atoms with Crippen LogP contribution in [0.3, 0.4) is 0 Å². The minimum atomic E-state index is -4.67. The van der Waals surface area contributed by atoms with Crippen molar-refractivity contribution in [2.24, 2.45) is 32.9 Å². The Morgan fingerprint density at radius 1 is 0.889 bits per heavy atom. The summed E-state index contributed by atoms with van der Waals surface area (Å²) < 4.78 is 54.5. The average molecular weight is 680 g/mol. The van der Waals surface area contributed by atoms with Crippen LogP contribution < -0.4 is 28.3 Å². The van der Waals surface area contributed by atoms with E-state index in [1.165, 1.54) is 14.0 Å². The molecule has 0 aromatic carbocycles. The highest BCUT2D eigenvalue weighted by molar-refractivity contribution is 7.79. The van der Waals surface area contributed by atoms with Gasteiger partial charge in [-0.3, -0.25) is 13.9 Å². The molecule has 45 heavy (non-hydrogen) atoms. The summed E-state index contributed by atoms with van der Waals surface area (Å²) in [5.41, 5.74) is 19.4. The van der Waals surface area contributed by atoms with E-state index in [-0.39, 0.29) is 6.29 Å². The number of carbonyl (C=O) groups is 1. The Morgan fingerprint density at radius 3 is 1.89 bits per heavy atom. The van der Waals surface area contributed by atoms with Crippen molar-refractivity contribution in [2.75, 3.05) is 13.7 Å². The lowest BCUT2D eigenvalue weighted by Crippen LogP contribution is -2.66. The Balaban J connectivity index is 0.00000130. The molecular formula is C21H41N7O16S. The van der Waals surface area contributed by atoms with Gasteiger partial charge >= 0.3 is 10.4 Å². The molecule has 18 N–H and O–H groups in total. The molecular weight excluding hydrogens is 638 g/mol. The van der Waals surface area contributed by atoms with Crippen molar-refractivity contribution in [1.29, 1.82) is 0 Å². The molecule has 3 rings (SSSR count). The Morgan fingerprint density at radius 2 is 1.42 bits per heavy atom. The van der Waals surface area contributed by atoms with E-state index in [1.54, 1.807) is 0 Å². The van der Waals surface area contributed by atoms with Gasteiger partial charge < -0.3 is 82.9 Å². The number of nitrogens with two attached hydrogens (primary N) is 4. The van der Waals surface area contributed by atoms with E-state index in [4.69, 9.17) is 59.4 Å². The smallest absolute Gasteiger partial charge is 0.394 e. The fourth-order valence-electron chi connectivity index (χ4n) is 5.08. The topological polar surface area (TPSA) is 411 Å². The molecule has 0 aromatic heterocycles. The lowest BCUT2D eigenvalue weighted by Gasteiger charge is -2.45. The molecule has 0 aromatic rings. The third-order valence-corrected chi connectivity index (χ3v) is 7.34. The van der Waals surface area contributed by atoms with Crippen molar-refractivity contribution in [1.82, 2.24) is 5.32 Å². The van der Waals surface area contributed by atoms with Crippen molar-refractivity contribution in [3.8, 4) is 0 Å². The van der Waals surface area contributed by atoms with Crippen LogP contribution in [-0.2, 0) is 34.1 Å². The number of aliphatic hydroxyl groups is 7. The second-order valence-electron chi connectivity index (χ2n) is 10.3. The summed E-state index contributed by atoms with van der Waals surface area (Å²) in [5, 5.41) is 76.6. The molecule has 1 saturated carbocycles. The number of aldehydes is 1. The predicted molar refractivity (Wildman–Crippen MR) is 147 cm³/mol. The molecule has 0 bridgehead atoms. The van der Waals surface area contributed by atoms with Gasteiger partial charge in [0, 0.05) is 0 Å². The largest absolute Gasteiger partial charge is 0.394 e. The molecule has 3 aliphatic rings. The van der Waals surface area contributed by atoms with Gasteiger partial charge in [0.2, 0.25) is 0 Å². The van der Waals surface area contributed by atoms with Crippen molar-refractivity contribution in [3.63, 3.8) is 0 Å². The van der Waals surface area contributed by atoms with Gasteiger partial charge in [-0.2, -0.15) is 8.42 Å². The first-order chi connectivity index (χ1) is 20.7. The number of nitrogens with zero attached hydrogens (tertiary/aromatic N) is 2. The van der Waals surface area contributed by atoms with E-state index in [1.807, 2.05) is 0 Å². The maximum atomic E-state index is 12.1. The van der Waals surface area contributed by atoms with Crippen LogP contribution in [0.25, 0.3) is 0 Å². The average Bonchev–Trinajstić information content (AvgIpc) is 3.16. The molecule has 2 heterocycles. The number of likely N-dealkylation sites (N-methyl/N-ethyl adjacent to an activating group) is 1. The number of hydrogen-bond donors (Lipinski definition) is 14. The zero-order chi connectivity index (χ0) is 34.6. The van der Waals surface area contributed by atoms with Gasteiger partial charge in [-0.25, -0.2) is 9.98 Å². The Labute approximate surface area is 256 Å². The van der Waals surface area contributed by atoms with Crippen molar-refractivity contribution >= 4 is 28.6 Å². The van der Waals surface area contributed by atoms with E-state index < -0.39 is 120 Å². The van der Waals surface area contributed by atoms with Gasteiger partial charge in [-0.05, 0) is 14.0 Å². The van der Waals surface area contributed by atoms with Crippen LogP contribution in [-0.4, -0.2) is 176 Å². The Kier molecular flexibility index (Phi) is 13.3. The van der Waals surface area contributed by atoms with Gasteiger partial charge in [0.05, 0.1) is 18.8 Å². The number of hydrogen-bond acceptors (Lipinski definition) is 17. The molecule has 0 radical (unpaired) electrons. The van der Waals surface area contributed by atoms with Gasteiger partial charge in [-0.15, -0.1) is 0 Å². The third kappa shape index (κ3) is 9.11. The Hall–Kier alpha value is -2.40. The molecule has 0 amide bonds. The predicted octanol–water partition coefficient (Wildman–Crippen LogP) is -8.81. The Bertz CT molecular complexity index is 1150. The normalized spacial score (nSPS) is 43.4. The zero-order valence-corrected chi connectivity index (χ0v) is 24.7. The SMILES string of the molecule is CN[C@@H]1[C@H](OC2[C@H](O[C@H]3[C@H](O)[C@@H](O)[C@H](N=C(N)N)[C@@H](O)[C@@H]3N=C(N)N)O[C@@H](C)[C@]2(O)C=O)O[C@@H](CO)[C@H](O)[C@H]1O.O=S(=O)(O)O. The summed E-state index contributed by atoms with van der Waals surface area (Å²) in [7, 11) is -3.25. The lowest BCUT2D eigenvalue weighted by molar-refractivity contribution is -0.314. The quantitative estimate of drug-likeness (QED) is 0.0465. The number of rotatable bonds is 9. The van der Waals surface area contributed by atoms with Crippen LogP contribution in [0.2, 0.25) is 0 Å². The number of aliphatic hydroxyl groups excluding tert-OH is 6. The van der Waals surface area contributed by atoms with Crippen molar-refractivity contribution in [3.05, 3.63) is 0 Å². The summed E-state index contributed by atoms with van der Waals surface area (Å²) in [4.78, 5) is 19.7. The third-order valence-electron chi connectivity index (χ3n) is 7.34. The highest BCUT2D eigenvalue weighted by atomic mass is 32.3. The van der Waals surface area contributed by atoms with Crippen LogP contribution in [0.15, 0.2) is 9.98 Å². The van der Waals surface area contributed by atoms with Gasteiger partial charge in [0.15, 0.2) is 36.4 Å². The van der Waals surface area contributed by atoms with Crippen LogP contribution in [0.4, 0.5) is 0 Å². The maximum absolute atomic E-state index is 12.1. The van der Waals surface area contributed by atoms with Gasteiger partial charge in [0.25, 0.3) is 0 Å². The first-order valence-electron chi connectivity index (χ1n) is 13.1. The van der Waals surface area contributed by atoms with E-state index >= 15 is 0 Å². The summed E-state index contributed by atoms with van der Waals surface area (Å²) >= 11 is 0. The monoisotopic (exact) mass is 679 g/mol. The summed E-state index contributed by atoms with van der Waals surface area (Å²) in [6.45, 7) is 0.620. The molecule has 23 nitrogen and oxygen atoms in total. The second-order valence-corrected chi connectivity index (χ2v) is 11.2. The second kappa shape index (κ2) is 15.5. The van der Waals surface area contributed by atoms with E-state index in [0.29, 0.717) is 0 Å². The molecule has 15 atom stereocenters. The van der Waals surface area contributed by atoms with Crippen molar-refractivity contribution < 1.29 is 77.0 Å². The number of aliphatic imine (C=N–C) groups is 2. The summed E-state index contributed by atoms with van der Waals surface area (Å²) in [5.74, 6) is -1.03. The van der Waals surface area contributed by atoms with E-state index in [0.717, 1.165) is 0 Å². The van der Waals surface area contributed by atoms with Crippen LogP contribution in [0, 0.1) is 0 Å². The molecule has 2 saturated heterocycles. The minimum Gasteiger partial charge on any atom is -0.394 e. The molecule has 24 heteroatoms. The molecule has 1 unspecified atom stereocenters. The van der Waals surface area contributed by atoms with Gasteiger partial charge in [-0.1, -0.05) is 0 Å². The highest BCUT2D eigenvalue weighted by Gasteiger charge is 2.60. The molecule has 3 fully saturated rings. The fraction of sp³-hybridized carbons (Fsp3) is 0.857.